The van der Waals surface area contributed by atoms with E-state index in [1.165, 1.54) is 12.7 Å². The number of H-pyrrole nitrogens is 1. The summed E-state index contributed by atoms with van der Waals surface area (Å²) < 4.78 is 6.48. The number of amides is 1. The van der Waals surface area contributed by atoms with Crippen LogP contribution in [0.5, 0.6) is 5.75 Å². The molecule has 0 aliphatic carbocycles. The van der Waals surface area contributed by atoms with Gasteiger partial charge in [0.05, 0.1) is 19.9 Å². The Morgan fingerprint density at radius 2 is 1.91 bits per heavy atom. The molecule has 2 aromatic heterocycles. The lowest BCUT2D eigenvalue weighted by Crippen LogP contribution is -2.43. The van der Waals surface area contributed by atoms with E-state index in [0.717, 1.165) is 22.0 Å². The van der Waals surface area contributed by atoms with E-state index in [9.17, 15) is 14.7 Å². The van der Waals surface area contributed by atoms with Gasteiger partial charge in [-0.3, -0.25) is 4.79 Å². The fraction of sp³-hybridized carbons (Fsp3) is 0.308. The van der Waals surface area contributed by atoms with E-state index in [1.54, 1.807) is 35.3 Å². The second-order valence-electron chi connectivity index (χ2n) is 9.55. The van der Waals surface area contributed by atoms with Gasteiger partial charge in [-0.1, -0.05) is 50.3 Å². The number of benzene rings is 2. The van der Waals surface area contributed by atoms with Crippen LogP contribution in [0.25, 0.3) is 10.9 Å². The number of nitrogens with zero attached hydrogens (tertiary/aromatic N) is 3. The lowest BCUT2D eigenvalue weighted by molar-refractivity contribution is -0.142. The predicted octanol–water partition coefficient (Wildman–Crippen LogP) is 3.32. The first kappa shape index (κ1) is 24.0. The Morgan fingerprint density at radius 1 is 1.17 bits per heavy atom. The van der Waals surface area contributed by atoms with Gasteiger partial charge in [0.25, 0.3) is 5.91 Å². The van der Waals surface area contributed by atoms with Crippen molar-refractivity contribution in [1.29, 1.82) is 0 Å². The van der Waals surface area contributed by atoms with Crippen molar-refractivity contribution in [3.05, 3.63) is 77.2 Å². The number of hydrogen-bond acceptors (Lipinski definition) is 6. The summed E-state index contributed by atoms with van der Waals surface area (Å²) in [5.74, 6) is -1.00. The van der Waals surface area contributed by atoms with Crippen molar-refractivity contribution < 1.29 is 19.4 Å². The summed E-state index contributed by atoms with van der Waals surface area (Å²) in [4.78, 5) is 28.4. The number of carbonyl (C=O) groups excluding carboxylic acids is 2. The molecule has 0 saturated heterocycles. The number of carbonyl (C=O) groups is 2. The number of methoxy groups -OCH3 is 1. The molecule has 2 aromatic carbocycles. The van der Waals surface area contributed by atoms with Crippen LogP contribution < -0.4 is 5.32 Å². The van der Waals surface area contributed by atoms with E-state index >= 15 is 0 Å². The SMILES string of the molecule is COC(=O)C(Cc1c[nH]c2ccc(O)cc12)NC(=O)c1cn(Cc2ccc(C(C)(C)C)cc2)nn1. The van der Waals surface area contributed by atoms with E-state index in [0.29, 0.717) is 6.54 Å². The number of fused-ring (bicyclic) bond motifs is 1. The van der Waals surface area contributed by atoms with Gasteiger partial charge in [-0.25, -0.2) is 9.48 Å². The maximum absolute atomic E-state index is 12.9. The molecule has 35 heavy (non-hydrogen) atoms. The first-order valence-corrected chi connectivity index (χ1v) is 11.3. The van der Waals surface area contributed by atoms with Gasteiger partial charge in [0.1, 0.15) is 11.8 Å². The summed E-state index contributed by atoms with van der Waals surface area (Å²) in [6, 6.07) is 12.2. The highest BCUT2D eigenvalue weighted by molar-refractivity contribution is 5.95. The van der Waals surface area contributed by atoms with E-state index in [4.69, 9.17) is 4.74 Å². The molecular formula is C26H29N5O4. The number of hydrogen-bond donors (Lipinski definition) is 3. The molecule has 0 spiro atoms. The summed E-state index contributed by atoms with van der Waals surface area (Å²) in [5.41, 5.74) is 4.01. The number of rotatable bonds is 7. The Labute approximate surface area is 203 Å². The molecule has 4 rings (SSSR count). The van der Waals surface area contributed by atoms with Gasteiger partial charge in [-0.15, -0.1) is 5.10 Å². The number of aromatic hydroxyl groups is 1. The fourth-order valence-electron chi connectivity index (χ4n) is 3.90. The molecular weight excluding hydrogens is 446 g/mol. The van der Waals surface area contributed by atoms with Crippen molar-refractivity contribution in [1.82, 2.24) is 25.3 Å². The van der Waals surface area contributed by atoms with Crippen LogP contribution in [0.15, 0.2) is 54.9 Å². The number of ether oxygens (including phenoxy) is 1. The largest absolute Gasteiger partial charge is 0.508 e. The minimum absolute atomic E-state index is 0.0697. The van der Waals surface area contributed by atoms with Crippen LogP contribution in [-0.4, -0.2) is 50.1 Å². The molecule has 2 heterocycles. The first-order valence-electron chi connectivity index (χ1n) is 11.3. The van der Waals surface area contributed by atoms with Crippen LogP contribution in [-0.2, 0) is 27.9 Å². The summed E-state index contributed by atoms with van der Waals surface area (Å²) in [7, 11) is 1.27. The number of aromatic nitrogens is 4. The Hall–Kier alpha value is -4.14. The molecule has 4 aromatic rings. The van der Waals surface area contributed by atoms with Crippen molar-refractivity contribution in [2.45, 2.75) is 45.2 Å². The molecule has 0 aliphatic rings. The molecule has 182 valence electrons. The zero-order valence-corrected chi connectivity index (χ0v) is 20.2. The topological polar surface area (TPSA) is 122 Å². The highest BCUT2D eigenvalue weighted by Crippen LogP contribution is 2.24. The number of aromatic amines is 1. The van der Waals surface area contributed by atoms with Crippen LogP contribution in [0.2, 0.25) is 0 Å². The highest BCUT2D eigenvalue weighted by Gasteiger charge is 2.25. The molecule has 1 atom stereocenters. The average molecular weight is 476 g/mol. The van der Waals surface area contributed by atoms with Gasteiger partial charge < -0.3 is 20.1 Å². The average Bonchev–Trinajstić information content (AvgIpc) is 3.45. The molecule has 3 N–H and O–H groups in total. The maximum atomic E-state index is 12.9. The molecule has 0 bridgehead atoms. The van der Waals surface area contributed by atoms with E-state index < -0.39 is 17.9 Å². The Bertz CT molecular complexity index is 1350. The molecule has 9 nitrogen and oxygen atoms in total. The number of phenolic OH excluding ortho intramolecular Hbond substituents is 1. The molecule has 1 unspecified atom stereocenters. The van der Waals surface area contributed by atoms with Crippen LogP contribution >= 0.6 is 0 Å². The normalized spacial score (nSPS) is 12.5. The third-order valence-corrected chi connectivity index (χ3v) is 5.90. The molecule has 0 radical (unpaired) electrons. The van der Waals surface area contributed by atoms with Crippen molar-refractivity contribution in [3.8, 4) is 5.75 Å². The van der Waals surface area contributed by atoms with E-state index in [1.807, 2.05) is 12.1 Å². The van der Waals surface area contributed by atoms with Gasteiger partial charge in [0.2, 0.25) is 0 Å². The predicted molar refractivity (Wildman–Crippen MR) is 131 cm³/mol. The third-order valence-electron chi connectivity index (χ3n) is 5.90. The lowest BCUT2D eigenvalue weighted by Gasteiger charge is -2.19. The summed E-state index contributed by atoms with van der Waals surface area (Å²) in [5, 5.41) is 21.3. The quantitative estimate of drug-likeness (QED) is 0.353. The van der Waals surface area contributed by atoms with E-state index in [2.05, 4.69) is 53.5 Å². The van der Waals surface area contributed by atoms with Crippen molar-refractivity contribution >= 4 is 22.8 Å². The highest BCUT2D eigenvalue weighted by atomic mass is 16.5. The zero-order chi connectivity index (χ0) is 25.2. The standard InChI is InChI=1S/C26H29N5O4/c1-26(2,3)18-7-5-16(6-8-18)14-31-15-23(29-30-31)24(33)28-22(25(34)35-4)11-17-13-27-21-10-9-19(32)12-20(17)21/h5-10,12-13,15,22,27,32H,11,14H2,1-4H3,(H,28,33). The Kier molecular flexibility index (Phi) is 6.59. The van der Waals surface area contributed by atoms with Crippen LogP contribution in [0.4, 0.5) is 0 Å². The van der Waals surface area contributed by atoms with Gasteiger partial charge in [-0.2, -0.15) is 0 Å². The van der Waals surface area contributed by atoms with E-state index in [-0.39, 0.29) is 23.3 Å². The van der Waals surface area contributed by atoms with Gasteiger partial charge in [0.15, 0.2) is 5.69 Å². The number of phenols is 1. The minimum atomic E-state index is -0.941. The van der Waals surface area contributed by atoms with Gasteiger partial charge in [-0.05, 0) is 40.3 Å². The first-order chi connectivity index (χ1) is 16.6. The van der Waals surface area contributed by atoms with Crippen LogP contribution in [0, 0.1) is 0 Å². The summed E-state index contributed by atoms with van der Waals surface area (Å²) >= 11 is 0. The van der Waals surface area contributed by atoms with Gasteiger partial charge >= 0.3 is 5.97 Å². The molecule has 1 amide bonds. The van der Waals surface area contributed by atoms with Crippen molar-refractivity contribution in [2.24, 2.45) is 0 Å². The molecule has 0 saturated carbocycles. The number of esters is 1. The third kappa shape index (κ3) is 5.51. The minimum Gasteiger partial charge on any atom is -0.508 e. The lowest BCUT2D eigenvalue weighted by atomic mass is 9.87. The molecule has 0 aliphatic heterocycles. The summed E-state index contributed by atoms with van der Waals surface area (Å²) in [6.45, 7) is 6.95. The second kappa shape index (κ2) is 9.61. The van der Waals surface area contributed by atoms with Gasteiger partial charge in [0, 0.05) is 23.5 Å². The Balaban J connectivity index is 1.46. The fourth-order valence-corrected chi connectivity index (χ4v) is 3.90. The maximum Gasteiger partial charge on any atom is 0.328 e. The summed E-state index contributed by atoms with van der Waals surface area (Å²) in [6.07, 6.45) is 3.47. The van der Waals surface area contributed by atoms with Crippen molar-refractivity contribution in [3.63, 3.8) is 0 Å². The van der Waals surface area contributed by atoms with Crippen LogP contribution in [0.1, 0.15) is 48.0 Å². The second-order valence-corrected chi connectivity index (χ2v) is 9.55. The molecule has 0 fully saturated rings. The Morgan fingerprint density at radius 3 is 2.60 bits per heavy atom. The number of nitrogens with one attached hydrogen (secondary N) is 2. The molecule has 9 heteroatoms. The van der Waals surface area contributed by atoms with Crippen LogP contribution in [0.3, 0.4) is 0 Å². The zero-order valence-electron chi connectivity index (χ0n) is 20.2. The monoisotopic (exact) mass is 475 g/mol. The van der Waals surface area contributed by atoms with Crippen molar-refractivity contribution in [2.75, 3.05) is 7.11 Å². The smallest absolute Gasteiger partial charge is 0.328 e.